The van der Waals surface area contributed by atoms with Gasteiger partial charge in [-0.2, -0.15) is 8.78 Å². The largest absolute Gasteiger partial charge is 0.465 e. The number of alkyl halides is 3. The fraction of sp³-hybridized carbons (Fsp3) is 0.417. The highest BCUT2D eigenvalue weighted by Crippen LogP contribution is 2.50. The van der Waals surface area contributed by atoms with Crippen molar-refractivity contribution < 1.29 is 18.3 Å². The van der Waals surface area contributed by atoms with Crippen molar-refractivity contribution in [2.45, 2.75) is 17.7 Å². The van der Waals surface area contributed by atoms with Gasteiger partial charge in [0.2, 0.25) is 0 Å². The summed E-state index contributed by atoms with van der Waals surface area (Å²) in [6.45, 7) is 0.0485. The van der Waals surface area contributed by atoms with Gasteiger partial charge in [-0.1, -0.05) is 30.3 Å². The lowest BCUT2D eigenvalue weighted by Crippen LogP contribution is -2.42. The molecule has 1 unspecified atom stereocenters. The lowest BCUT2D eigenvalue weighted by molar-refractivity contribution is -0.156. The summed E-state index contributed by atoms with van der Waals surface area (Å²) in [5.41, 5.74) is -1.08. The first-order chi connectivity index (χ1) is 7.96. The highest BCUT2D eigenvalue weighted by molar-refractivity contribution is 9.10. The molecule has 1 atom stereocenters. The van der Waals surface area contributed by atoms with Crippen molar-refractivity contribution in [1.29, 1.82) is 0 Å². The zero-order valence-corrected chi connectivity index (χ0v) is 10.5. The molecule has 0 bridgehead atoms. The molecule has 0 aromatic heterocycles. The number of benzene rings is 1. The molecule has 0 radical (unpaired) electrons. The van der Waals surface area contributed by atoms with Gasteiger partial charge in [0.25, 0.3) is 0 Å². The molecule has 1 saturated heterocycles. The number of halogens is 3. The molecular weight excluding hydrogens is 294 g/mol. The third-order valence-corrected chi connectivity index (χ3v) is 3.80. The van der Waals surface area contributed by atoms with Gasteiger partial charge in [0.05, 0.1) is 6.61 Å². The average molecular weight is 305 g/mol. The van der Waals surface area contributed by atoms with Crippen molar-refractivity contribution >= 4 is 21.9 Å². The number of ether oxygens (including phenoxy) is 1. The molecule has 1 aromatic carbocycles. The first-order valence-corrected chi connectivity index (χ1v) is 6.03. The Balaban J connectivity index is 2.33. The van der Waals surface area contributed by atoms with Crippen LogP contribution in [-0.4, -0.2) is 17.4 Å². The van der Waals surface area contributed by atoms with E-state index in [-0.39, 0.29) is 19.4 Å². The Bertz CT molecular complexity index is 416. The third kappa shape index (κ3) is 2.20. The van der Waals surface area contributed by atoms with E-state index in [1.807, 2.05) is 0 Å². The third-order valence-electron chi connectivity index (χ3n) is 3.04. The van der Waals surface area contributed by atoms with Gasteiger partial charge in [0.15, 0.2) is 0 Å². The van der Waals surface area contributed by atoms with Crippen molar-refractivity contribution in [3.63, 3.8) is 0 Å². The number of carbonyl (C=O) groups excluding carboxylic acids is 1. The van der Waals surface area contributed by atoms with Crippen LogP contribution in [0.2, 0.25) is 0 Å². The molecule has 92 valence electrons. The summed E-state index contributed by atoms with van der Waals surface area (Å²) in [7, 11) is 0. The first kappa shape index (κ1) is 12.5. The summed E-state index contributed by atoms with van der Waals surface area (Å²) < 4.78 is 32.0. The molecule has 2 rings (SSSR count). The molecule has 1 heterocycles. The van der Waals surface area contributed by atoms with Gasteiger partial charge in [0, 0.05) is 6.42 Å². The van der Waals surface area contributed by atoms with E-state index in [1.54, 1.807) is 30.3 Å². The minimum atomic E-state index is -3.26. The molecule has 0 aliphatic carbocycles. The van der Waals surface area contributed by atoms with Gasteiger partial charge >= 0.3 is 10.8 Å². The zero-order valence-electron chi connectivity index (χ0n) is 8.96. The van der Waals surface area contributed by atoms with Crippen LogP contribution < -0.4 is 0 Å². The molecule has 1 fully saturated rings. The molecule has 0 spiro atoms. The van der Waals surface area contributed by atoms with Gasteiger partial charge in [-0.05, 0) is 27.9 Å². The standard InChI is InChI=1S/C12H11BrF2O2/c13-12(14,15)11(6-7-17-10(11)16)8-9-4-2-1-3-5-9/h1-5H,6-8H2. The van der Waals surface area contributed by atoms with E-state index in [4.69, 9.17) is 4.74 Å². The highest BCUT2D eigenvalue weighted by atomic mass is 79.9. The van der Waals surface area contributed by atoms with Crippen molar-refractivity contribution in [2.24, 2.45) is 5.41 Å². The summed E-state index contributed by atoms with van der Waals surface area (Å²) in [6, 6.07) is 8.78. The van der Waals surface area contributed by atoms with Crippen molar-refractivity contribution in [3.05, 3.63) is 35.9 Å². The van der Waals surface area contributed by atoms with Gasteiger partial charge in [0.1, 0.15) is 5.41 Å². The molecule has 1 aromatic rings. The lowest BCUT2D eigenvalue weighted by Gasteiger charge is -2.29. The fourth-order valence-electron chi connectivity index (χ4n) is 2.02. The minimum Gasteiger partial charge on any atom is -0.465 e. The summed E-state index contributed by atoms with van der Waals surface area (Å²) in [6.07, 6.45) is 0.00387. The number of carbonyl (C=O) groups is 1. The molecule has 1 aliphatic rings. The van der Waals surface area contributed by atoms with Gasteiger partial charge in [-0.15, -0.1) is 0 Å². The summed E-state index contributed by atoms with van der Waals surface area (Å²) in [5.74, 6) is -0.830. The normalized spacial score (nSPS) is 24.8. The van der Waals surface area contributed by atoms with E-state index in [2.05, 4.69) is 15.9 Å². The second-order valence-electron chi connectivity index (χ2n) is 4.13. The van der Waals surface area contributed by atoms with E-state index in [9.17, 15) is 13.6 Å². The minimum absolute atomic E-state index is 0.0229. The Morgan fingerprint density at radius 3 is 2.47 bits per heavy atom. The van der Waals surface area contributed by atoms with Crippen molar-refractivity contribution in [1.82, 2.24) is 0 Å². The van der Waals surface area contributed by atoms with Crippen LogP contribution in [0.25, 0.3) is 0 Å². The van der Waals surface area contributed by atoms with Crippen LogP contribution in [-0.2, 0) is 16.0 Å². The van der Waals surface area contributed by atoms with E-state index in [1.165, 1.54) is 0 Å². The molecule has 5 heteroatoms. The van der Waals surface area contributed by atoms with Crippen LogP contribution in [0.15, 0.2) is 30.3 Å². The van der Waals surface area contributed by atoms with Crippen LogP contribution in [0.3, 0.4) is 0 Å². The summed E-state index contributed by atoms with van der Waals surface area (Å²) in [4.78, 5) is 8.35. The number of esters is 1. The van der Waals surface area contributed by atoms with Crippen molar-refractivity contribution in [3.8, 4) is 0 Å². The molecule has 0 N–H and O–H groups in total. The van der Waals surface area contributed by atoms with Crippen molar-refractivity contribution in [2.75, 3.05) is 6.61 Å². The maximum Gasteiger partial charge on any atom is 0.319 e. The fourth-order valence-corrected chi connectivity index (χ4v) is 2.52. The number of hydrogen-bond acceptors (Lipinski definition) is 2. The number of rotatable bonds is 3. The second kappa shape index (κ2) is 4.37. The number of hydrogen-bond donors (Lipinski definition) is 0. The lowest BCUT2D eigenvalue weighted by atomic mass is 9.80. The van der Waals surface area contributed by atoms with Gasteiger partial charge in [-0.25, -0.2) is 0 Å². The molecule has 2 nitrogen and oxygen atoms in total. The maximum absolute atomic E-state index is 13.6. The van der Waals surface area contributed by atoms with E-state index >= 15 is 0 Å². The van der Waals surface area contributed by atoms with Crippen LogP contribution in [0.1, 0.15) is 12.0 Å². The maximum atomic E-state index is 13.6. The number of cyclic esters (lactones) is 1. The van der Waals surface area contributed by atoms with Crippen LogP contribution >= 0.6 is 15.9 Å². The quantitative estimate of drug-likeness (QED) is 0.633. The van der Waals surface area contributed by atoms with E-state index < -0.39 is 16.2 Å². The zero-order chi connectivity index (χ0) is 12.5. The molecule has 1 aliphatic heterocycles. The van der Waals surface area contributed by atoms with Gasteiger partial charge in [-0.3, -0.25) is 4.79 Å². The Labute approximate surface area is 106 Å². The molecule has 17 heavy (non-hydrogen) atoms. The van der Waals surface area contributed by atoms with Crippen LogP contribution in [0, 0.1) is 5.41 Å². The molecule has 0 amide bonds. The Morgan fingerprint density at radius 1 is 1.35 bits per heavy atom. The smallest absolute Gasteiger partial charge is 0.319 e. The predicted molar refractivity (Wildman–Crippen MR) is 62.0 cm³/mol. The van der Waals surface area contributed by atoms with E-state index in [0.717, 1.165) is 0 Å². The SMILES string of the molecule is O=C1OCCC1(Cc1ccccc1)C(F)(F)Br. The summed E-state index contributed by atoms with van der Waals surface area (Å²) in [5, 5.41) is 0. The topological polar surface area (TPSA) is 26.3 Å². The predicted octanol–water partition coefficient (Wildman–Crippen LogP) is 3.15. The highest BCUT2D eigenvalue weighted by Gasteiger charge is 2.61. The Morgan fingerprint density at radius 2 is 2.00 bits per heavy atom. The monoisotopic (exact) mass is 304 g/mol. The Kier molecular flexibility index (Phi) is 3.21. The molecule has 0 saturated carbocycles. The average Bonchev–Trinajstić information content (AvgIpc) is 2.62. The molecular formula is C12H11BrF2O2. The summed E-state index contributed by atoms with van der Waals surface area (Å²) >= 11 is 2.33. The van der Waals surface area contributed by atoms with Crippen LogP contribution in [0.5, 0.6) is 0 Å². The van der Waals surface area contributed by atoms with Crippen LogP contribution in [0.4, 0.5) is 8.78 Å². The second-order valence-corrected chi connectivity index (χ2v) is 5.12. The Hall–Kier alpha value is -0.970. The first-order valence-electron chi connectivity index (χ1n) is 5.24. The van der Waals surface area contributed by atoms with E-state index in [0.29, 0.717) is 5.56 Å². The van der Waals surface area contributed by atoms with Gasteiger partial charge < -0.3 is 4.74 Å².